The van der Waals surface area contributed by atoms with Gasteiger partial charge in [-0.05, 0) is 23.8 Å². The van der Waals surface area contributed by atoms with Gasteiger partial charge < -0.3 is 10.1 Å². The van der Waals surface area contributed by atoms with E-state index in [4.69, 9.17) is 4.74 Å². The SMILES string of the molecule is COCc1ccccc1NCc1ccnc2ccccc12. The number of hydrogen-bond acceptors (Lipinski definition) is 3. The molecular weight excluding hydrogens is 260 g/mol. The Morgan fingerprint density at radius 2 is 1.76 bits per heavy atom. The Labute approximate surface area is 124 Å². The second-order valence-electron chi connectivity index (χ2n) is 4.93. The molecular formula is C18H18N2O. The molecule has 1 heterocycles. The molecule has 3 nitrogen and oxygen atoms in total. The topological polar surface area (TPSA) is 34.1 Å². The van der Waals surface area contributed by atoms with Crippen molar-refractivity contribution >= 4 is 16.6 Å². The number of rotatable bonds is 5. The Kier molecular flexibility index (Phi) is 4.12. The first kappa shape index (κ1) is 13.6. The minimum atomic E-state index is 0.611. The molecule has 3 rings (SSSR count). The Morgan fingerprint density at radius 1 is 0.952 bits per heavy atom. The van der Waals surface area contributed by atoms with Crippen LogP contribution >= 0.6 is 0 Å². The maximum atomic E-state index is 5.24. The monoisotopic (exact) mass is 278 g/mol. The van der Waals surface area contributed by atoms with E-state index < -0.39 is 0 Å². The van der Waals surface area contributed by atoms with Crippen LogP contribution in [0.2, 0.25) is 0 Å². The second-order valence-corrected chi connectivity index (χ2v) is 4.93. The van der Waals surface area contributed by atoms with E-state index in [2.05, 4.69) is 34.6 Å². The highest BCUT2D eigenvalue weighted by Crippen LogP contribution is 2.20. The van der Waals surface area contributed by atoms with Crippen molar-refractivity contribution in [2.75, 3.05) is 12.4 Å². The predicted octanol–water partition coefficient (Wildman–Crippen LogP) is 3.99. The van der Waals surface area contributed by atoms with Crippen LogP contribution in [0.15, 0.2) is 60.8 Å². The summed E-state index contributed by atoms with van der Waals surface area (Å²) in [5.74, 6) is 0. The highest BCUT2D eigenvalue weighted by Gasteiger charge is 2.04. The van der Waals surface area contributed by atoms with Gasteiger partial charge in [0.1, 0.15) is 0 Å². The summed E-state index contributed by atoms with van der Waals surface area (Å²) in [5.41, 5.74) is 4.55. The van der Waals surface area contributed by atoms with Crippen LogP contribution in [0.5, 0.6) is 0 Å². The molecule has 0 aliphatic rings. The van der Waals surface area contributed by atoms with Crippen molar-refractivity contribution < 1.29 is 4.74 Å². The lowest BCUT2D eigenvalue weighted by molar-refractivity contribution is 0.185. The Balaban J connectivity index is 1.84. The summed E-state index contributed by atoms with van der Waals surface area (Å²) >= 11 is 0. The van der Waals surface area contributed by atoms with E-state index >= 15 is 0 Å². The van der Waals surface area contributed by atoms with Gasteiger partial charge in [0.05, 0.1) is 12.1 Å². The number of benzene rings is 2. The molecule has 0 aliphatic carbocycles. The first-order valence-electron chi connectivity index (χ1n) is 7.02. The minimum Gasteiger partial charge on any atom is -0.381 e. The number of anilines is 1. The normalized spacial score (nSPS) is 10.7. The number of fused-ring (bicyclic) bond motifs is 1. The number of para-hydroxylation sites is 2. The van der Waals surface area contributed by atoms with Gasteiger partial charge in [-0.3, -0.25) is 4.98 Å². The fraction of sp³-hybridized carbons (Fsp3) is 0.167. The van der Waals surface area contributed by atoms with Gasteiger partial charge in [-0.1, -0.05) is 36.4 Å². The lowest BCUT2D eigenvalue weighted by Gasteiger charge is -2.12. The summed E-state index contributed by atoms with van der Waals surface area (Å²) in [4.78, 5) is 4.40. The van der Waals surface area contributed by atoms with E-state index in [1.807, 2.05) is 36.5 Å². The van der Waals surface area contributed by atoms with Crippen molar-refractivity contribution in [1.29, 1.82) is 0 Å². The number of methoxy groups -OCH3 is 1. The minimum absolute atomic E-state index is 0.611. The molecule has 1 aromatic heterocycles. The third-order valence-electron chi connectivity index (χ3n) is 3.53. The zero-order chi connectivity index (χ0) is 14.5. The van der Waals surface area contributed by atoms with Crippen LogP contribution < -0.4 is 5.32 Å². The van der Waals surface area contributed by atoms with Crippen molar-refractivity contribution in [1.82, 2.24) is 4.98 Å². The Hall–Kier alpha value is -2.39. The van der Waals surface area contributed by atoms with E-state index in [1.54, 1.807) is 7.11 Å². The van der Waals surface area contributed by atoms with Gasteiger partial charge in [0.15, 0.2) is 0 Å². The van der Waals surface area contributed by atoms with E-state index in [0.29, 0.717) is 6.61 Å². The van der Waals surface area contributed by atoms with E-state index in [9.17, 15) is 0 Å². The number of nitrogens with one attached hydrogen (secondary N) is 1. The third kappa shape index (κ3) is 3.03. The van der Waals surface area contributed by atoms with Crippen molar-refractivity contribution in [3.8, 4) is 0 Å². The maximum absolute atomic E-state index is 5.24. The van der Waals surface area contributed by atoms with Crippen LogP contribution in [-0.4, -0.2) is 12.1 Å². The fourth-order valence-corrected chi connectivity index (χ4v) is 2.47. The smallest absolute Gasteiger partial charge is 0.0733 e. The summed E-state index contributed by atoms with van der Waals surface area (Å²) in [7, 11) is 1.72. The van der Waals surface area contributed by atoms with Crippen molar-refractivity contribution in [3.05, 3.63) is 71.9 Å². The van der Waals surface area contributed by atoms with E-state index in [1.165, 1.54) is 16.5 Å². The molecule has 0 radical (unpaired) electrons. The average molecular weight is 278 g/mol. The summed E-state index contributed by atoms with van der Waals surface area (Å²) in [6.07, 6.45) is 1.86. The lowest BCUT2D eigenvalue weighted by Crippen LogP contribution is -2.03. The van der Waals surface area contributed by atoms with Gasteiger partial charge >= 0.3 is 0 Å². The fourth-order valence-electron chi connectivity index (χ4n) is 2.47. The van der Waals surface area contributed by atoms with Gasteiger partial charge in [-0.25, -0.2) is 0 Å². The van der Waals surface area contributed by atoms with Gasteiger partial charge in [-0.2, -0.15) is 0 Å². The number of aromatic nitrogens is 1. The molecule has 0 atom stereocenters. The molecule has 2 aromatic carbocycles. The van der Waals surface area contributed by atoms with Crippen molar-refractivity contribution in [3.63, 3.8) is 0 Å². The van der Waals surface area contributed by atoms with Crippen LogP contribution in [0.25, 0.3) is 10.9 Å². The van der Waals surface area contributed by atoms with Crippen LogP contribution in [-0.2, 0) is 17.9 Å². The molecule has 0 spiro atoms. The predicted molar refractivity (Wildman–Crippen MR) is 86.2 cm³/mol. The van der Waals surface area contributed by atoms with Crippen molar-refractivity contribution in [2.24, 2.45) is 0 Å². The number of ether oxygens (including phenoxy) is 1. The van der Waals surface area contributed by atoms with Crippen LogP contribution in [0, 0.1) is 0 Å². The maximum Gasteiger partial charge on any atom is 0.0733 e. The zero-order valence-corrected chi connectivity index (χ0v) is 12.0. The molecule has 0 fully saturated rings. The van der Waals surface area contributed by atoms with E-state index in [0.717, 1.165) is 17.7 Å². The van der Waals surface area contributed by atoms with Gasteiger partial charge in [0.25, 0.3) is 0 Å². The molecule has 0 bridgehead atoms. The Bertz CT molecular complexity index is 735. The second kappa shape index (κ2) is 6.37. The molecule has 0 unspecified atom stereocenters. The highest BCUT2D eigenvalue weighted by atomic mass is 16.5. The molecule has 0 saturated carbocycles. The first-order valence-corrected chi connectivity index (χ1v) is 7.02. The molecule has 3 heteroatoms. The average Bonchev–Trinajstić information content (AvgIpc) is 2.54. The number of hydrogen-bond donors (Lipinski definition) is 1. The first-order chi connectivity index (χ1) is 10.4. The summed E-state index contributed by atoms with van der Waals surface area (Å²) in [5, 5.41) is 4.69. The van der Waals surface area contributed by atoms with Crippen LogP contribution in [0.4, 0.5) is 5.69 Å². The van der Waals surface area contributed by atoms with Crippen LogP contribution in [0.3, 0.4) is 0 Å². The van der Waals surface area contributed by atoms with E-state index in [-0.39, 0.29) is 0 Å². The van der Waals surface area contributed by atoms with Crippen molar-refractivity contribution in [2.45, 2.75) is 13.2 Å². The molecule has 0 amide bonds. The standard InChI is InChI=1S/C18H18N2O/c1-21-13-15-6-2-4-8-17(15)20-12-14-10-11-19-18-9-5-3-7-16(14)18/h2-11,20H,12-13H2,1H3. The Morgan fingerprint density at radius 3 is 2.67 bits per heavy atom. The number of pyridine rings is 1. The van der Waals surface area contributed by atoms with Gasteiger partial charge in [0, 0.05) is 36.5 Å². The lowest BCUT2D eigenvalue weighted by atomic mass is 10.1. The largest absolute Gasteiger partial charge is 0.381 e. The quantitative estimate of drug-likeness (QED) is 0.766. The zero-order valence-electron chi connectivity index (χ0n) is 12.0. The molecule has 0 aliphatic heterocycles. The van der Waals surface area contributed by atoms with Gasteiger partial charge in [0.2, 0.25) is 0 Å². The number of nitrogens with zero attached hydrogens (tertiary/aromatic N) is 1. The van der Waals surface area contributed by atoms with Crippen LogP contribution in [0.1, 0.15) is 11.1 Å². The highest BCUT2D eigenvalue weighted by molar-refractivity contribution is 5.82. The summed E-state index contributed by atoms with van der Waals surface area (Å²) in [6, 6.07) is 18.5. The van der Waals surface area contributed by atoms with Gasteiger partial charge in [-0.15, -0.1) is 0 Å². The molecule has 21 heavy (non-hydrogen) atoms. The molecule has 1 N–H and O–H groups in total. The summed E-state index contributed by atoms with van der Waals surface area (Å²) in [6.45, 7) is 1.38. The molecule has 0 saturated heterocycles. The molecule has 106 valence electrons. The summed E-state index contributed by atoms with van der Waals surface area (Å²) < 4.78 is 5.24. The third-order valence-corrected chi connectivity index (χ3v) is 3.53. The molecule has 3 aromatic rings.